The van der Waals surface area contributed by atoms with E-state index in [1.54, 1.807) is 0 Å². The van der Waals surface area contributed by atoms with Gasteiger partial charge in [-0.05, 0) is 36.8 Å². The average molecular weight is 297 g/mol. The van der Waals surface area contributed by atoms with E-state index in [0.29, 0.717) is 5.56 Å². The maximum Gasteiger partial charge on any atom is 0.0992 e. The summed E-state index contributed by atoms with van der Waals surface area (Å²) >= 11 is 5.45. The van der Waals surface area contributed by atoms with Gasteiger partial charge in [-0.1, -0.05) is 15.9 Å². The van der Waals surface area contributed by atoms with Crippen molar-refractivity contribution in [2.24, 2.45) is 0 Å². The van der Waals surface area contributed by atoms with Gasteiger partial charge in [-0.25, -0.2) is 0 Å². The van der Waals surface area contributed by atoms with Gasteiger partial charge in [0.1, 0.15) is 0 Å². The Bertz CT molecular complexity index is 408. The second kappa shape index (κ2) is 5.60. The maximum absolute atomic E-state index is 8.86. The smallest absolute Gasteiger partial charge is 0.0992 e. The van der Waals surface area contributed by atoms with Crippen LogP contribution in [-0.2, 0) is 0 Å². The second-order valence-corrected chi connectivity index (χ2v) is 6.18. The number of nitriles is 1. The summed E-state index contributed by atoms with van der Waals surface area (Å²) in [4.78, 5) is 0. The number of nitrogens with zero attached hydrogens (tertiary/aromatic N) is 1. The molecule has 4 heteroatoms. The summed E-state index contributed by atoms with van der Waals surface area (Å²) in [6, 6.07) is 7.90. The lowest BCUT2D eigenvalue weighted by molar-refractivity contribution is 0.805. The molecule has 1 fully saturated rings. The molecular formula is C12H13BrN2S. The highest BCUT2D eigenvalue weighted by molar-refractivity contribution is 9.10. The van der Waals surface area contributed by atoms with Crippen LogP contribution < -0.4 is 5.32 Å². The van der Waals surface area contributed by atoms with Crippen molar-refractivity contribution in [2.45, 2.75) is 18.1 Å². The van der Waals surface area contributed by atoms with Crippen LogP contribution in [0.4, 0.5) is 5.69 Å². The Balaban J connectivity index is 1.98. The SMILES string of the molecule is N#Cc1cc(Br)cc(NCC2CCCS2)c1. The van der Waals surface area contributed by atoms with Crippen LogP contribution >= 0.6 is 27.7 Å². The van der Waals surface area contributed by atoms with Gasteiger partial charge in [0.2, 0.25) is 0 Å². The van der Waals surface area contributed by atoms with Crippen molar-refractivity contribution in [2.75, 3.05) is 17.6 Å². The van der Waals surface area contributed by atoms with E-state index in [2.05, 4.69) is 27.3 Å². The monoisotopic (exact) mass is 296 g/mol. The number of hydrogen-bond acceptors (Lipinski definition) is 3. The lowest BCUT2D eigenvalue weighted by Crippen LogP contribution is -2.13. The van der Waals surface area contributed by atoms with Crippen LogP contribution in [0.25, 0.3) is 0 Å². The van der Waals surface area contributed by atoms with E-state index >= 15 is 0 Å². The van der Waals surface area contributed by atoms with Gasteiger partial charge < -0.3 is 5.32 Å². The minimum absolute atomic E-state index is 0.691. The van der Waals surface area contributed by atoms with Crippen molar-refractivity contribution in [3.05, 3.63) is 28.2 Å². The summed E-state index contributed by atoms with van der Waals surface area (Å²) in [6.07, 6.45) is 2.63. The fraction of sp³-hybridized carbons (Fsp3) is 0.417. The first-order valence-corrected chi connectivity index (χ1v) is 7.18. The van der Waals surface area contributed by atoms with E-state index in [0.717, 1.165) is 22.0 Å². The minimum atomic E-state index is 0.691. The molecule has 0 saturated carbocycles. The molecule has 1 N–H and O–H groups in total. The largest absolute Gasteiger partial charge is 0.384 e. The number of hydrogen-bond donors (Lipinski definition) is 1. The van der Waals surface area contributed by atoms with Crippen molar-refractivity contribution in [1.29, 1.82) is 5.26 Å². The van der Waals surface area contributed by atoms with Crippen LogP contribution in [0.15, 0.2) is 22.7 Å². The molecule has 1 aliphatic heterocycles. The van der Waals surface area contributed by atoms with Crippen molar-refractivity contribution >= 4 is 33.4 Å². The maximum atomic E-state index is 8.86. The average Bonchev–Trinajstić information content (AvgIpc) is 2.78. The van der Waals surface area contributed by atoms with Gasteiger partial charge in [0.25, 0.3) is 0 Å². The number of rotatable bonds is 3. The Hall–Kier alpha value is -0.660. The molecule has 1 aromatic carbocycles. The third-order valence-electron chi connectivity index (χ3n) is 2.58. The molecule has 1 aliphatic rings. The van der Waals surface area contributed by atoms with Gasteiger partial charge in [0.05, 0.1) is 11.6 Å². The Labute approximate surface area is 109 Å². The zero-order valence-electron chi connectivity index (χ0n) is 8.87. The number of benzene rings is 1. The first-order valence-electron chi connectivity index (χ1n) is 5.34. The summed E-state index contributed by atoms with van der Waals surface area (Å²) in [6.45, 7) is 0.992. The molecule has 2 rings (SSSR count). The fourth-order valence-corrected chi connectivity index (χ4v) is 3.49. The van der Waals surface area contributed by atoms with Gasteiger partial charge in [-0.3, -0.25) is 0 Å². The normalized spacial score (nSPS) is 19.4. The summed E-state index contributed by atoms with van der Waals surface area (Å²) in [7, 11) is 0. The van der Waals surface area contributed by atoms with Crippen molar-refractivity contribution in [3.63, 3.8) is 0 Å². The number of nitrogens with one attached hydrogen (secondary N) is 1. The third-order valence-corrected chi connectivity index (χ3v) is 4.44. The molecule has 0 radical (unpaired) electrons. The lowest BCUT2D eigenvalue weighted by Gasteiger charge is -2.11. The molecule has 0 spiro atoms. The van der Waals surface area contributed by atoms with Crippen LogP contribution in [0.5, 0.6) is 0 Å². The first-order chi connectivity index (χ1) is 7.78. The summed E-state index contributed by atoms with van der Waals surface area (Å²) in [5, 5.41) is 13.0. The highest BCUT2D eigenvalue weighted by Crippen LogP contribution is 2.27. The van der Waals surface area contributed by atoms with Gasteiger partial charge >= 0.3 is 0 Å². The molecule has 0 aliphatic carbocycles. The van der Waals surface area contributed by atoms with Crippen LogP contribution in [0.1, 0.15) is 18.4 Å². The molecule has 16 heavy (non-hydrogen) atoms. The van der Waals surface area contributed by atoms with Crippen LogP contribution in [0.2, 0.25) is 0 Å². The number of halogens is 1. The molecule has 0 bridgehead atoms. The quantitative estimate of drug-likeness (QED) is 0.925. The van der Waals surface area contributed by atoms with E-state index in [4.69, 9.17) is 5.26 Å². The highest BCUT2D eigenvalue weighted by Gasteiger charge is 2.14. The van der Waals surface area contributed by atoms with Crippen LogP contribution in [0.3, 0.4) is 0 Å². The summed E-state index contributed by atoms with van der Waals surface area (Å²) in [5.41, 5.74) is 1.72. The first kappa shape index (κ1) is 11.8. The van der Waals surface area contributed by atoms with E-state index in [9.17, 15) is 0 Å². The molecule has 1 saturated heterocycles. The molecule has 1 unspecified atom stereocenters. The molecule has 0 amide bonds. The van der Waals surface area contributed by atoms with Crippen LogP contribution in [-0.4, -0.2) is 17.5 Å². The predicted octanol–water partition coefficient (Wildman–Crippen LogP) is 3.63. The summed E-state index contributed by atoms with van der Waals surface area (Å²) < 4.78 is 0.952. The third kappa shape index (κ3) is 3.16. The zero-order chi connectivity index (χ0) is 11.4. The Morgan fingerprint density at radius 3 is 3.06 bits per heavy atom. The van der Waals surface area contributed by atoms with Crippen LogP contribution in [0, 0.1) is 11.3 Å². The van der Waals surface area contributed by atoms with Crippen molar-refractivity contribution in [3.8, 4) is 6.07 Å². The zero-order valence-corrected chi connectivity index (χ0v) is 11.3. The lowest BCUT2D eigenvalue weighted by atomic mass is 10.2. The molecule has 1 atom stereocenters. The van der Waals surface area contributed by atoms with Crippen molar-refractivity contribution in [1.82, 2.24) is 0 Å². The van der Waals surface area contributed by atoms with Gasteiger partial charge in [0, 0.05) is 22.0 Å². The molecular weight excluding hydrogens is 284 g/mol. The molecule has 0 aromatic heterocycles. The van der Waals surface area contributed by atoms with Gasteiger partial charge in [0.15, 0.2) is 0 Å². The standard InChI is InChI=1S/C12H13BrN2S/c13-10-4-9(7-14)5-11(6-10)15-8-12-2-1-3-16-12/h4-6,12,15H,1-3,8H2. The predicted molar refractivity (Wildman–Crippen MR) is 72.8 cm³/mol. The second-order valence-electron chi connectivity index (χ2n) is 3.86. The van der Waals surface area contributed by atoms with Crippen molar-refractivity contribution < 1.29 is 0 Å². The van der Waals surface area contributed by atoms with E-state index in [1.165, 1.54) is 18.6 Å². The Kier molecular flexibility index (Phi) is 4.14. The summed E-state index contributed by atoms with van der Waals surface area (Å²) in [5.74, 6) is 1.29. The number of thioether (sulfide) groups is 1. The minimum Gasteiger partial charge on any atom is -0.384 e. The molecule has 1 heterocycles. The van der Waals surface area contributed by atoms with Gasteiger partial charge in [-0.2, -0.15) is 17.0 Å². The van der Waals surface area contributed by atoms with E-state index in [-0.39, 0.29) is 0 Å². The van der Waals surface area contributed by atoms with E-state index < -0.39 is 0 Å². The molecule has 1 aromatic rings. The Morgan fingerprint density at radius 2 is 2.38 bits per heavy atom. The topological polar surface area (TPSA) is 35.8 Å². The highest BCUT2D eigenvalue weighted by atomic mass is 79.9. The van der Waals surface area contributed by atoms with E-state index in [1.807, 2.05) is 30.0 Å². The molecule has 2 nitrogen and oxygen atoms in total. The fourth-order valence-electron chi connectivity index (χ4n) is 1.79. The number of anilines is 1. The Morgan fingerprint density at radius 1 is 1.50 bits per heavy atom. The van der Waals surface area contributed by atoms with Gasteiger partial charge in [-0.15, -0.1) is 0 Å². The molecule has 84 valence electrons.